The highest BCUT2D eigenvalue weighted by Crippen LogP contribution is 2.61. The van der Waals surface area contributed by atoms with Gasteiger partial charge in [-0.15, -0.1) is 0 Å². The first kappa shape index (κ1) is 17.3. The zero-order chi connectivity index (χ0) is 17.4. The van der Waals surface area contributed by atoms with Gasteiger partial charge in [-0.1, -0.05) is 0 Å². The fourth-order valence-electron chi connectivity index (χ4n) is 6.71. The molecule has 25 heavy (non-hydrogen) atoms. The van der Waals surface area contributed by atoms with E-state index >= 15 is 0 Å². The lowest BCUT2D eigenvalue weighted by Crippen LogP contribution is -2.48. The number of carbonyl (C=O) groups excluding carboxylic acids is 1. The van der Waals surface area contributed by atoms with Crippen molar-refractivity contribution in [1.82, 2.24) is 5.32 Å². The van der Waals surface area contributed by atoms with Gasteiger partial charge in [0.1, 0.15) is 0 Å². The lowest BCUT2D eigenvalue weighted by Gasteiger charge is -2.56. The van der Waals surface area contributed by atoms with Crippen molar-refractivity contribution in [1.29, 1.82) is 0 Å². The minimum atomic E-state index is -0.790. The molecule has 5 fully saturated rings. The summed E-state index contributed by atoms with van der Waals surface area (Å²) in [5.74, 6) is 1.44. The maximum atomic E-state index is 12.6. The minimum absolute atomic E-state index is 0.0697. The Labute approximate surface area is 149 Å². The number of rotatable bonds is 6. The number of carboxylic acids is 1. The van der Waals surface area contributed by atoms with Crippen LogP contribution in [0.1, 0.15) is 57.8 Å². The van der Waals surface area contributed by atoms with Gasteiger partial charge in [-0.3, -0.25) is 9.59 Å². The third-order valence-corrected chi connectivity index (χ3v) is 7.37. The topological polar surface area (TPSA) is 75.6 Å². The summed E-state index contributed by atoms with van der Waals surface area (Å²) in [4.78, 5) is 24.2. The molecule has 0 aromatic rings. The standard InChI is InChI=1S/C20H31NO4/c22-18(21-12-17(19(23)24)16-1-3-25-4-2-16)11-20-8-13-5-14(9-20)7-15(6-13)10-20/h13-17H,1-12H2,(H,21,22)(H,23,24). The van der Waals surface area contributed by atoms with Gasteiger partial charge in [-0.05, 0) is 80.5 Å². The molecule has 1 heterocycles. The molecule has 5 rings (SSSR count). The SMILES string of the molecule is O=C(CC12CC3CC(CC(C3)C1)C2)NCC(C(=O)O)C1CCOCC1. The van der Waals surface area contributed by atoms with E-state index in [0.717, 1.165) is 30.6 Å². The highest BCUT2D eigenvalue weighted by Gasteiger charge is 2.51. The molecule has 4 saturated carbocycles. The zero-order valence-electron chi connectivity index (χ0n) is 15.0. The summed E-state index contributed by atoms with van der Waals surface area (Å²) in [5.41, 5.74) is 0.218. The van der Waals surface area contributed by atoms with Crippen LogP contribution in [0, 0.1) is 35.0 Å². The van der Waals surface area contributed by atoms with E-state index in [-0.39, 0.29) is 23.8 Å². The van der Waals surface area contributed by atoms with Gasteiger partial charge in [-0.2, -0.15) is 0 Å². The van der Waals surface area contributed by atoms with Gasteiger partial charge in [0.2, 0.25) is 5.91 Å². The molecule has 1 saturated heterocycles. The van der Waals surface area contributed by atoms with Crippen LogP contribution in [0.5, 0.6) is 0 Å². The second-order valence-corrected chi connectivity index (χ2v) is 9.29. The molecule has 0 aromatic carbocycles. The molecule has 0 radical (unpaired) electrons. The number of hydrogen-bond acceptors (Lipinski definition) is 3. The van der Waals surface area contributed by atoms with Crippen molar-refractivity contribution >= 4 is 11.9 Å². The molecule has 0 spiro atoms. The van der Waals surface area contributed by atoms with Crippen molar-refractivity contribution in [3.63, 3.8) is 0 Å². The Morgan fingerprint density at radius 1 is 1.04 bits per heavy atom. The van der Waals surface area contributed by atoms with Crippen LogP contribution >= 0.6 is 0 Å². The Kier molecular flexibility index (Phi) is 4.78. The van der Waals surface area contributed by atoms with Crippen LogP contribution in [0.15, 0.2) is 0 Å². The Hall–Kier alpha value is -1.10. The van der Waals surface area contributed by atoms with Crippen molar-refractivity contribution < 1.29 is 19.4 Å². The third-order valence-electron chi connectivity index (χ3n) is 7.37. The number of hydrogen-bond donors (Lipinski definition) is 2. The maximum Gasteiger partial charge on any atom is 0.308 e. The molecule has 1 aliphatic heterocycles. The number of nitrogens with one attached hydrogen (secondary N) is 1. The van der Waals surface area contributed by atoms with Gasteiger partial charge in [0, 0.05) is 26.2 Å². The highest BCUT2D eigenvalue weighted by atomic mass is 16.5. The van der Waals surface area contributed by atoms with Gasteiger partial charge < -0.3 is 15.2 Å². The van der Waals surface area contributed by atoms with E-state index in [1.807, 2.05) is 0 Å². The molecular formula is C20H31NO4. The average Bonchev–Trinajstić information content (AvgIpc) is 2.54. The van der Waals surface area contributed by atoms with Gasteiger partial charge in [0.25, 0.3) is 0 Å². The highest BCUT2D eigenvalue weighted by molar-refractivity contribution is 5.78. The van der Waals surface area contributed by atoms with E-state index in [1.54, 1.807) is 0 Å². The van der Waals surface area contributed by atoms with Gasteiger partial charge in [0.05, 0.1) is 5.92 Å². The summed E-state index contributed by atoms with van der Waals surface area (Å²) in [7, 11) is 0. The smallest absolute Gasteiger partial charge is 0.308 e. The van der Waals surface area contributed by atoms with Crippen LogP contribution in [0.25, 0.3) is 0 Å². The van der Waals surface area contributed by atoms with Gasteiger partial charge in [-0.25, -0.2) is 0 Å². The predicted octanol–water partition coefficient (Wildman–Crippen LogP) is 2.84. The fourth-order valence-corrected chi connectivity index (χ4v) is 6.71. The van der Waals surface area contributed by atoms with E-state index in [9.17, 15) is 14.7 Å². The van der Waals surface area contributed by atoms with Crippen LogP contribution in [0.2, 0.25) is 0 Å². The second-order valence-electron chi connectivity index (χ2n) is 9.29. The molecule has 140 valence electrons. The molecule has 4 aliphatic carbocycles. The Bertz CT molecular complexity index is 491. The van der Waals surface area contributed by atoms with Crippen molar-refractivity contribution in [2.24, 2.45) is 35.0 Å². The first-order chi connectivity index (χ1) is 12.0. The summed E-state index contributed by atoms with van der Waals surface area (Å²) in [6.07, 6.45) is 9.96. The molecule has 1 atom stereocenters. The summed E-state index contributed by atoms with van der Waals surface area (Å²) >= 11 is 0. The first-order valence-electron chi connectivity index (χ1n) is 10.1. The van der Waals surface area contributed by atoms with E-state index in [4.69, 9.17) is 4.74 Å². The maximum absolute atomic E-state index is 12.6. The van der Waals surface area contributed by atoms with E-state index in [1.165, 1.54) is 38.5 Å². The van der Waals surface area contributed by atoms with Crippen LogP contribution in [0.4, 0.5) is 0 Å². The Morgan fingerprint density at radius 3 is 2.12 bits per heavy atom. The Morgan fingerprint density at radius 2 is 1.60 bits per heavy atom. The van der Waals surface area contributed by atoms with E-state index < -0.39 is 11.9 Å². The molecule has 5 nitrogen and oxygen atoms in total. The quantitative estimate of drug-likeness (QED) is 0.773. The number of carboxylic acid groups (broad SMARTS) is 1. The number of aliphatic carboxylic acids is 1. The summed E-state index contributed by atoms with van der Waals surface area (Å²) < 4.78 is 5.33. The molecule has 5 aliphatic rings. The lowest BCUT2D eigenvalue weighted by atomic mass is 9.49. The van der Waals surface area contributed by atoms with Crippen molar-refractivity contribution in [3.05, 3.63) is 0 Å². The van der Waals surface area contributed by atoms with E-state index in [0.29, 0.717) is 19.6 Å². The third kappa shape index (κ3) is 3.71. The number of amides is 1. The lowest BCUT2D eigenvalue weighted by molar-refractivity contribution is -0.145. The second kappa shape index (κ2) is 6.90. The fraction of sp³-hybridized carbons (Fsp3) is 0.900. The van der Waals surface area contributed by atoms with Crippen LogP contribution in [-0.2, 0) is 14.3 Å². The average molecular weight is 349 g/mol. The molecule has 5 heteroatoms. The van der Waals surface area contributed by atoms with Gasteiger partial charge >= 0.3 is 5.97 Å². The summed E-state index contributed by atoms with van der Waals surface area (Å²) in [6, 6.07) is 0. The minimum Gasteiger partial charge on any atom is -0.481 e. The molecule has 1 unspecified atom stereocenters. The van der Waals surface area contributed by atoms with Crippen molar-refractivity contribution in [3.8, 4) is 0 Å². The molecular weight excluding hydrogens is 318 g/mol. The Balaban J connectivity index is 1.32. The first-order valence-corrected chi connectivity index (χ1v) is 10.1. The van der Waals surface area contributed by atoms with E-state index in [2.05, 4.69) is 5.32 Å². The predicted molar refractivity (Wildman–Crippen MR) is 92.9 cm³/mol. The molecule has 1 amide bonds. The van der Waals surface area contributed by atoms with Crippen LogP contribution in [-0.4, -0.2) is 36.7 Å². The van der Waals surface area contributed by atoms with Gasteiger partial charge in [0.15, 0.2) is 0 Å². The molecule has 0 aromatic heterocycles. The largest absolute Gasteiger partial charge is 0.481 e. The summed E-state index contributed by atoms with van der Waals surface area (Å²) in [6.45, 7) is 1.54. The number of ether oxygens (including phenoxy) is 1. The van der Waals surface area contributed by atoms with Crippen LogP contribution < -0.4 is 5.32 Å². The zero-order valence-corrected chi connectivity index (χ0v) is 15.0. The van der Waals surface area contributed by atoms with Crippen molar-refractivity contribution in [2.45, 2.75) is 57.8 Å². The van der Waals surface area contributed by atoms with Crippen molar-refractivity contribution in [2.75, 3.05) is 19.8 Å². The normalized spacial score (nSPS) is 38.5. The van der Waals surface area contributed by atoms with Crippen LogP contribution in [0.3, 0.4) is 0 Å². The number of carbonyl (C=O) groups is 2. The molecule has 4 bridgehead atoms. The monoisotopic (exact) mass is 349 g/mol. The summed E-state index contributed by atoms with van der Waals surface area (Å²) in [5, 5.41) is 12.5. The molecule has 2 N–H and O–H groups in total.